The molecule has 0 aliphatic carbocycles. The highest BCUT2D eigenvalue weighted by Gasteiger charge is 2.36. The second-order valence-corrected chi connectivity index (χ2v) is 8.85. The summed E-state index contributed by atoms with van der Waals surface area (Å²) in [6.45, 7) is 4.39. The summed E-state index contributed by atoms with van der Waals surface area (Å²) in [7, 11) is -2.55. The number of anilines is 1. The fourth-order valence-corrected chi connectivity index (χ4v) is 3.59. The number of nitrogens with zero attached hydrogens (tertiary/aromatic N) is 1. The summed E-state index contributed by atoms with van der Waals surface area (Å²) in [6.07, 6.45) is 5.62. The van der Waals surface area contributed by atoms with E-state index in [1.807, 2.05) is 11.0 Å². The van der Waals surface area contributed by atoms with Crippen LogP contribution in [0.3, 0.4) is 0 Å². The molecule has 0 aromatic heterocycles. The van der Waals surface area contributed by atoms with E-state index in [-0.39, 0.29) is 6.04 Å². The lowest BCUT2D eigenvalue weighted by atomic mass is 10.1. The molecule has 1 aromatic rings. The van der Waals surface area contributed by atoms with E-state index in [0.717, 1.165) is 5.69 Å². The van der Waals surface area contributed by atoms with Crippen LogP contribution in [0.15, 0.2) is 24.3 Å². The first-order valence-corrected chi connectivity index (χ1v) is 9.28. The van der Waals surface area contributed by atoms with Crippen LogP contribution in [0.25, 0.3) is 0 Å². The van der Waals surface area contributed by atoms with Gasteiger partial charge in [-0.3, -0.25) is 4.79 Å². The van der Waals surface area contributed by atoms with E-state index in [2.05, 4.69) is 5.92 Å². The molecule has 6 heteroatoms. The molecular formula is C15H19N2O3P. The Labute approximate surface area is 124 Å². The molecule has 1 fully saturated rings. The zero-order valence-corrected chi connectivity index (χ0v) is 13.0. The van der Waals surface area contributed by atoms with Crippen molar-refractivity contribution >= 4 is 18.7 Å². The van der Waals surface area contributed by atoms with Crippen molar-refractivity contribution in [1.82, 2.24) is 0 Å². The largest absolute Gasteiger partial charge is 0.377 e. The van der Waals surface area contributed by atoms with E-state index in [9.17, 15) is 9.36 Å². The highest BCUT2D eigenvalue weighted by atomic mass is 31.2. The summed E-state index contributed by atoms with van der Waals surface area (Å²) in [5, 5.41) is 0. The molecule has 1 amide bonds. The maximum absolute atomic E-state index is 12.5. The smallest absolute Gasteiger partial charge is 0.248 e. The number of nitrogens with two attached hydrogens (primary N) is 1. The summed E-state index contributed by atoms with van der Waals surface area (Å²) < 4.78 is 17.7. The minimum atomic E-state index is -2.55. The maximum atomic E-state index is 12.5. The van der Waals surface area contributed by atoms with E-state index in [1.54, 1.807) is 31.5 Å². The van der Waals surface area contributed by atoms with Crippen LogP contribution in [0.1, 0.15) is 10.4 Å². The molecule has 0 saturated carbocycles. The molecular weight excluding hydrogens is 287 g/mol. The Kier molecular flexibility index (Phi) is 4.41. The average Bonchev–Trinajstić information content (AvgIpc) is 2.34. The lowest BCUT2D eigenvalue weighted by Crippen LogP contribution is -2.53. The highest BCUT2D eigenvalue weighted by molar-refractivity contribution is 7.63. The standard InChI is InChI=1S/C15H19N2O3P/c1-4-14(21(2,3)19)17(13-9-20-10-13)12-7-5-6-11(8-12)15(16)18/h1,5-8,13-14H,9-10H2,2-3H3,(H2,16,18). The quantitative estimate of drug-likeness (QED) is 0.662. The molecule has 0 spiro atoms. The molecule has 0 bridgehead atoms. The Balaban J connectivity index is 2.46. The van der Waals surface area contributed by atoms with Gasteiger partial charge < -0.3 is 19.9 Å². The topological polar surface area (TPSA) is 72.6 Å². The molecule has 1 aromatic carbocycles. The number of rotatable bonds is 5. The minimum absolute atomic E-state index is 0.0578. The second kappa shape index (κ2) is 5.93. The second-order valence-electron chi connectivity index (χ2n) is 5.49. The van der Waals surface area contributed by atoms with Gasteiger partial charge in [0, 0.05) is 11.3 Å². The van der Waals surface area contributed by atoms with Crippen molar-refractivity contribution in [2.24, 2.45) is 5.73 Å². The Morgan fingerprint density at radius 3 is 2.62 bits per heavy atom. The number of hydrogen-bond acceptors (Lipinski definition) is 4. The third-order valence-electron chi connectivity index (χ3n) is 3.44. The van der Waals surface area contributed by atoms with Gasteiger partial charge in [0.1, 0.15) is 12.9 Å². The number of ether oxygens (including phenoxy) is 1. The van der Waals surface area contributed by atoms with Gasteiger partial charge in [0.2, 0.25) is 5.91 Å². The molecule has 1 aliphatic rings. The molecule has 21 heavy (non-hydrogen) atoms. The van der Waals surface area contributed by atoms with Gasteiger partial charge in [-0.25, -0.2) is 0 Å². The van der Waals surface area contributed by atoms with Gasteiger partial charge in [-0.2, -0.15) is 0 Å². The fourth-order valence-electron chi connectivity index (χ4n) is 2.31. The summed E-state index contributed by atoms with van der Waals surface area (Å²) in [4.78, 5) is 13.3. The van der Waals surface area contributed by atoms with Crippen LogP contribution in [0.5, 0.6) is 0 Å². The minimum Gasteiger partial charge on any atom is -0.377 e. The monoisotopic (exact) mass is 306 g/mol. The number of terminal acetylenes is 1. The Morgan fingerprint density at radius 1 is 1.52 bits per heavy atom. The predicted octanol–water partition coefficient (Wildman–Crippen LogP) is 1.57. The SMILES string of the molecule is C#CC(N(c1cccc(C(N)=O)c1)C1COC1)P(C)(C)=O. The number of benzene rings is 1. The van der Waals surface area contributed by atoms with Gasteiger partial charge in [0.05, 0.1) is 19.3 Å². The molecule has 5 nitrogen and oxygen atoms in total. The molecule has 112 valence electrons. The van der Waals surface area contributed by atoms with E-state index in [0.29, 0.717) is 18.8 Å². The van der Waals surface area contributed by atoms with Gasteiger partial charge in [-0.05, 0) is 31.5 Å². The Hall–Kier alpha value is -1.76. The van der Waals surface area contributed by atoms with Crippen LogP contribution in [-0.4, -0.2) is 44.3 Å². The van der Waals surface area contributed by atoms with E-state index >= 15 is 0 Å². The van der Waals surface area contributed by atoms with Crippen LogP contribution in [0, 0.1) is 12.3 Å². The lowest BCUT2D eigenvalue weighted by Gasteiger charge is -2.43. The van der Waals surface area contributed by atoms with Gasteiger partial charge >= 0.3 is 0 Å². The summed E-state index contributed by atoms with van der Waals surface area (Å²) in [6, 6.07) is 6.96. The first-order chi connectivity index (χ1) is 9.84. The molecule has 0 radical (unpaired) electrons. The van der Waals surface area contributed by atoms with Gasteiger partial charge in [0.25, 0.3) is 0 Å². The van der Waals surface area contributed by atoms with Gasteiger partial charge in [-0.1, -0.05) is 12.0 Å². The van der Waals surface area contributed by atoms with Gasteiger partial charge in [0.15, 0.2) is 0 Å². The van der Waals surface area contributed by atoms with Crippen LogP contribution in [0.4, 0.5) is 5.69 Å². The van der Waals surface area contributed by atoms with E-state index in [4.69, 9.17) is 16.9 Å². The van der Waals surface area contributed by atoms with Crippen molar-refractivity contribution in [3.8, 4) is 12.3 Å². The molecule has 1 unspecified atom stereocenters. The van der Waals surface area contributed by atoms with E-state index in [1.165, 1.54) is 0 Å². The van der Waals surface area contributed by atoms with Gasteiger partial charge in [-0.15, -0.1) is 6.42 Å². The molecule has 1 heterocycles. The van der Waals surface area contributed by atoms with Crippen molar-refractivity contribution in [3.05, 3.63) is 29.8 Å². The fraction of sp³-hybridized carbons (Fsp3) is 0.400. The first kappa shape index (κ1) is 15.6. The highest BCUT2D eigenvalue weighted by Crippen LogP contribution is 2.46. The van der Waals surface area contributed by atoms with Crippen LogP contribution >= 0.6 is 7.14 Å². The normalized spacial score (nSPS) is 16.6. The van der Waals surface area contributed by atoms with Crippen LogP contribution in [0.2, 0.25) is 0 Å². The van der Waals surface area contributed by atoms with E-state index < -0.39 is 18.8 Å². The third-order valence-corrected chi connectivity index (χ3v) is 5.02. The number of primary amides is 1. The third kappa shape index (κ3) is 3.29. The summed E-state index contributed by atoms with van der Waals surface area (Å²) in [5.41, 5.74) is 6.46. The van der Waals surface area contributed by atoms with Crippen molar-refractivity contribution in [3.63, 3.8) is 0 Å². The Morgan fingerprint density at radius 2 is 2.19 bits per heavy atom. The van der Waals surface area contributed by atoms with Crippen molar-refractivity contribution < 1.29 is 14.1 Å². The van der Waals surface area contributed by atoms with Crippen molar-refractivity contribution in [1.29, 1.82) is 0 Å². The zero-order chi connectivity index (χ0) is 15.6. The lowest BCUT2D eigenvalue weighted by molar-refractivity contribution is 0.00813. The average molecular weight is 306 g/mol. The van der Waals surface area contributed by atoms with Crippen LogP contribution < -0.4 is 10.6 Å². The molecule has 2 rings (SSSR count). The molecule has 1 atom stereocenters. The zero-order valence-electron chi connectivity index (χ0n) is 12.2. The number of carbonyl (C=O) groups excluding carboxylic acids is 1. The number of carbonyl (C=O) groups is 1. The maximum Gasteiger partial charge on any atom is 0.248 e. The first-order valence-electron chi connectivity index (χ1n) is 6.61. The predicted molar refractivity (Wildman–Crippen MR) is 84.1 cm³/mol. The summed E-state index contributed by atoms with van der Waals surface area (Å²) in [5.74, 6) is 1.59. The molecule has 1 saturated heterocycles. The van der Waals surface area contributed by atoms with Crippen molar-refractivity contribution in [2.75, 3.05) is 31.4 Å². The van der Waals surface area contributed by atoms with Crippen LogP contribution in [-0.2, 0) is 9.30 Å². The number of hydrogen-bond donors (Lipinski definition) is 1. The molecule has 2 N–H and O–H groups in total. The Bertz CT molecular complexity index is 628. The molecule has 1 aliphatic heterocycles. The number of amides is 1. The summed E-state index contributed by atoms with van der Waals surface area (Å²) >= 11 is 0. The van der Waals surface area contributed by atoms with Crippen molar-refractivity contribution in [2.45, 2.75) is 11.8 Å².